The Morgan fingerprint density at radius 2 is 1.61 bits per heavy atom. The van der Waals surface area contributed by atoms with Gasteiger partial charge in [-0.25, -0.2) is 0 Å². The van der Waals surface area contributed by atoms with E-state index < -0.39 is 0 Å². The second-order valence-corrected chi connectivity index (χ2v) is 3.78. The number of anilines is 1. The maximum atomic E-state index is 8.59. The van der Waals surface area contributed by atoms with Crippen LogP contribution < -0.4 is 5.32 Å². The van der Waals surface area contributed by atoms with Gasteiger partial charge in [0.2, 0.25) is 0 Å². The van der Waals surface area contributed by atoms with Crippen molar-refractivity contribution >= 4 is 5.69 Å². The normalized spacial score (nSPS) is 9.39. The third-order valence-corrected chi connectivity index (χ3v) is 2.58. The van der Waals surface area contributed by atoms with Crippen LogP contribution in [-0.4, -0.2) is 18.3 Å². The molecule has 2 heteroatoms. The Kier molecular flexibility index (Phi) is 4.40. The molecule has 0 saturated heterocycles. The topological polar surface area (TPSA) is 32.3 Å². The standard InChI is InChI=1S/C16H15NO/c18-13-7-6-12-17-16-11-5-4-10-15(16)14-8-2-1-3-9-14/h1-5,8-11,17-18H,12-13H2. The van der Waals surface area contributed by atoms with Gasteiger partial charge in [-0.1, -0.05) is 60.4 Å². The van der Waals surface area contributed by atoms with Gasteiger partial charge in [-0.3, -0.25) is 0 Å². The predicted molar refractivity (Wildman–Crippen MR) is 75.2 cm³/mol. The highest BCUT2D eigenvalue weighted by atomic mass is 16.2. The van der Waals surface area contributed by atoms with Crippen molar-refractivity contribution in [3.05, 3.63) is 54.6 Å². The van der Waals surface area contributed by atoms with E-state index >= 15 is 0 Å². The first-order chi connectivity index (χ1) is 8.92. The Bertz CT molecular complexity index is 552. The van der Waals surface area contributed by atoms with Crippen molar-refractivity contribution in [2.45, 2.75) is 0 Å². The molecule has 0 amide bonds. The molecule has 2 aromatic rings. The van der Waals surface area contributed by atoms with Gasteiger partial charge in [0, 0.05) is 11.3 Å². The van der Waals surface area contributed by atoms with E-state index in [-0.39, 0.29) is 6.61 Å². The van der Waals surface area contributed by atoms with Crippen LogP contribution in [0.2, 0.25) is 0 Å². The summed E-state index contributed by atoms with van der Waals surface area (Å²) < 4.78 is 0. The van der Waals surface area contributed by atoms with Crippen molar-refractivity contribution in [3.63, 3.8) is 0 Å². The predicted octanol–water partition coefficient (Wildman–Crippen LogP) is 2.76. The first-order valence-corrected chi connectivity index (χ1v) is 5.86. The monoisotopic (exact) mass is 237 g/mol. The van der Waals surface area contributed by atoms with Gasteiger partial charge in [-0.2, -0.15) is 0 Å². The molecule has 0 aromatic heterocycles. The fourth-order valence-corrected chi connectivity index (χ4v) is 1.76. The van der Waals surface area contributed by atoms with Crippen LogP contribution in [0.5, 0.6) is 0 Å². The lowest BCUT2D eigenvalue weighted by Crippen LogP contribution is -2.00. The van der Waals surface area contributed by atoms with E-state index in [1.165, 1.54) is 5.56 Å². The molecule has 2 nitrogen and oxygen atoms in total. The molecule has 0 bridgehead atoms. The average molecular weight is 237 g/mol. The van der Waals surface area contributed by atoms with Crippen LogP contribution in [0.15, 0.2) is 54.6 Å². The molecule has 0 aliphatic rings. The van der Waals surface area contributed by atoms with Crippen LogP contribution in [-0.2, 0) is 0 Å². The molecule has 18 heavy (non-hydrogen) atoms. The minimum Gasteiger partial charge on any atom is -0.384 e. The largest absolute Gasteiger partial charge is 0.384 e. The number of para-hydroxylation sites is 1. The third kappa shape index (κ3) is 3.13. The number of benzene rings is 2. The molecule has 0 saturated carbocycles. The van der Waals surface area contributed by atoms with E-state index in [4.69, 9.17) is 5.11 Å². The fraction of sp³-hybridized carbons (Fsp3) is 0.125. The zero-order valence-corrected chi connectivity index (χ0v) is 10.1. The van der Waals surface area contributed by atoms with Gasteiger partial charge in [0.05, 0.1) is 6.54 Å². The Hall–Kier alpha value is -2.24. The third-order valence-electron chi connectivity index (χ3n) is 2.58. The van der Waals surface area contributed by atoms with Crippen molar-refractivity contribution in [2.24, 2.45) is 0 Å². The second kappa shape index (κ2) is 6.48. The summed E-state index contributed by atoms with van der Waals surface area (Å²) in [6, 6.07) is 18.3. The van der Waals surface area contributed by atoms with Crippen LogP contribution in [0.25, 0.3) is 11.1 Å². The van der Waals surface area contributed by atoms with Gasteiger partial charge in [0.15, 0.2) is 0 Å². The Labute approximate surface area is 107 Å². The van der Waals surface area contributed by atoms with Gasteiger partial charge >= 0.3 is 0 Å². The lowest BCUT2D eigenvalue weighted by Gasteiger charge is -2.10. The van der Waals surface area contributed by atoms with E-state index in [0.717, 1.165) is 11.3 Å². The highest BCUT2D eigenvalue weighted by molar-refractivity contribution is 5.77. The van der Waals surface area contributed by atoms with Gasteiger partial charge in [-0.15, -0.1) is 0 Å². The highest BCUT2D eigenvalue weighted by Gasteiger charge is 2.02. The van der Waals surface area contributed by atoms with Crippen molar-refractivity contribution < 1.29 is 5.11 Å². The van der Waals surface area contributed by atoms with Crippen molar-refractivity contribution in [1.82, 2.24) is 0 Å². The minimum atomic E-state index is -0.0952. The summed E-state index contributed by atoms with van der Waals surface area (Å²) in [7, 11) is 0. The van der Waals surface area contributed by atoms with E-state index in [0.29, 0.717) is 6.54 Å². The van der Waals surface area contributed by atoms with Gasteiger partial charge in [0.1, 0.15) is 6.61 Å². The molecule has 0 aliphatic carbocycles. The zero-order chi connectivity index (χ0) is 12.6. The van der Waals surface area contributed by atoms with Crippen LogP contribution in [0.4, 0.5) is 5.69 Å². The van der Waals surface area contributed by atoms with E-state index in [2.05, 4.69) is 35.4 Å². The molecule has 0 aliphatic heterocycles. The molecular formula is C16H15NO. The molecule has 2 rings (SSSR count). The quantitative estimate of drug-likeness (QED) is 0.804. The molecule has 0 heterocycles. The van der Waals surface area contributed by atoms with Crippen molar-refractivity contribution in [1.29, 1.82) is 0 Å². The van der Waals surface area contributed by atoms with E-state index in [9.17, 15) is 0 Å². The summed E-state index contributed by atoms with van der Waals surface area (Å²) in [5.41, 5.74) is 3.38. The Balaban J connectivity index is 2.21. The van der Waals surface area contributed by atoms with E-state index in [1.54, 1.807) is 0 Å². The van der Waals surface area contributed by atoms with Crippen LogP contribution in [0, 0.1) is 11.8 Å². The molecule has 0 atom stereocenters. The molecular weight excluding hydrogens is 222 g/mol. The molecule has 2 N–H and O–H groups in total. The highest BCUT2D eigenvalue weighted by Crippen LogP contribution is 2.27. The number of aliphatic hydroxyl groups is 1. The lowest BCUT2D eigenvalue weighted by molar-refractivity contribution is 0.350. The molecule has 90 valence electrons. The Morgan fingerprint density at radius 1 is 0.889 bits per heavy atom. The lowest BCUT2D eigenvalue weighted by atomic mass is 10.0. The maximum Gasteiger partial charge on any atom is 0.104 e. The zero-order valence-electron chi connectivity index (χ0n) is 10.1. The summed E-state index contributed by atoms with van der Waals surface area (Å²) in [6.07, 6.45) is 0. The van der Waals surface area contributed by atoms with Crippen LogP contribution in [0.3, 0.4) is 0 Å². The summed E-state index contributed by atoms with van der Waals surface area (Å²) in [4.78, 5) is 0. The smallest absolute Gasteiger partial charge is 0.104 e. The summed E-state index contributed by atoms with van der Waals surface area (Å²) in [5, 5.41) is 11.9. The number of nitrogens with one attached hydrogen (secondary N) is 1. The first kappa shape index (κ1) is 12.2. The van der Waals surface area contributed by atoms with Gasteiger partial charge in [-0.05, 0) is 11.6 Å². The molecule has 0 fully saturated rings. The van der Waals surface area contributed by atoms with Gasteiger partial charge in [0.25, 0.3) is 0 Å². The van der Waals surface area contributed by atoms with Gasteiger partial charge < -0.3 is 10.4 Å². The molecule has 0 spiro atoms. The fourth-order valence-electron chi connectivity index (χ4n) is 1.76. The van der Waals surface area contributed by atoms with E-state index in [1.807, 2.05) is 36.4 Å². The minimum absolute atomic E-state index is 0.0952. The summed E-state index contributed by atoms with van der Waals surface area (Å²) in [6.45, 7) is 0.437. The number of aliphatic hydroxyl groups excluding tert-OH is 1. The van der Waals surface area contributed by atoms with Crippen LogP contribution in [0.1, 0.15) is 0 Å². The average Bonchev–Trinajstić information content (AvgIpc) is 2.45. The van der Waals surface area contributed by atoms with Crippen molar-refractivity contribution in [3.8, 4) is 23.0 Å². The SMILES string of the molecule is OCC#CCNc1ccccc1-c1ccccc1. The maximum absolute atomic E-state index is 8.59. The Morgan fingerprint density at radius 3 is 2.39 bits per heavy atom. The summed E-state index contributed by atoms with van der Waals surface area (Å²) in [5.74, 6) is 5.47. The molecule has 2 aromatic carbocycles. The summed E-state index contributed by atoms with van der Waals surface area (Å²) >= 11 is 0. The number of hydrogen-bond acceptors (Lipinski definition) is 2. The second-order valence-electron chi connectivity index (χ2n) is 3.78. The van der Waals surface area contributed by atoms with Crippen molar-refractivity contribution in [2.75, 3.05) is 18.5 Å². The number of rotatable bonds is 3. The molecule has 0 radical (unpaired) electrons. The van der Waals surface area contributed by atoms with Crippen LogP contribution >= 0.6 is 0 Å². The first-order valence-electron chi connectivity index (χ1n) is 5.86. The number of hydrogen-bond donors (Lipinski definition) is 2. The molecule has 0 unspecified atom stereocenters.